The quantitative estimate of drug-likeness (QED) is 0.712. The minimum atomic E-state index is -2.73. The predicted octanol–water partition coefficient (Wildman–Crippen LogP) is 0.0902. The van der Waals surface area contributed by atoms with Crippen molar-refractivity contribution in [2.24, 2.45) is 17.6 Å². The number of rotatable bonds is 1. The number of nitrogens with two attached hydrogens (primary N) is 1. The fourth-order valence-electron chi connectivity index (χ4n) is 3.09. The third-order valence-corrected chi connectivity index (χ3v) is 5.84. The lowest BCUT2D eigenvalue weighted by molar-refractivity contribution is 0.137. The van der Waals surface area contributed by atoms with E-state index in [0.717, 1.165) is 32.4 Å². The molecule has 0 bridgehead atoms. The van der Waals surface area contributed by atoms with Gasteiger partial charge in [-0.3, -0.25) is 0 Å². The van der Waals surface area contributed by atoms with Gasteiger partial charge in [0.25, 0.3) is 0 Å². The Morgan fingerprint density at radius 1 is 1.19 bits per heavy atom. The summed E-state index contributed by atoms with van der Waals surface area (Å²) >= 11 is 0. The van der Waals surface area contributed by atoms with E-state index in [0.29, 0.717) is 23.3 Å². The molecule has 94 valence electrons. The van der Waals surface area contributed by atoms with Gasteiger partial charge in [-0.2, -0.15) is 0 Å². The Morgan fingerprint density at radius 2 is 1.81 bits per heavy atom. The smallest absolute Gasteiger partial charge is 0.150 e. The first-order valence-corrected chi connectivity index (χ1v) is 7.94. The Hall–Kier alpha value is -0.130. The molecule has 0 aromatic carbocycles. The summed E-state index contributed by atoms with van der Waals surface area (Å²) in [6, 6.07) is 0.226. The molecule has 2 aliphatic heterocycles. The molecule has 0 aromatic heterocycles. The lowest BCUT2D eigenvalue weighted by atomic mass is 9.78. The summed E-state index contributed by atoms with van der Waals surface area (Å²) in [5.74, 6) is 1.81. The van der Waals surface area contributed by atoms with E-state index in [9.17, 15) is 8.42 Å². The van der Waals surface area contributed by atoms with Crippen LogP contribution in [0.1, 0.15) is 19.3 Å². The van der Waals surface area contributed by atoms with Crippen molar-refractivity contribution in [1.82, 2.24) is 4.90 Å². The molecule has 0 spiro atoms. The second kappa shape index (κ2) is 4.63. The zero-order valence-corrected chi connectivity index (χ0v) is 10.7. The molecule has 0 aliphatic carbocycles. The van der Waals surface area contributed by atoms with Crippen LogP contribution in [-0.2, 0) is 9.84 Å². The Balaban J connectivity index is 1.94. The Labute approximate surface area is 98.1 Å². The average molecular weight is 246 g/mol. The van der Waals surface area contributed by atoms with E-state index in [1.54, 1.807) is 0 Å². The second-order valence-corrected chi connectivity index (χ2v) is 7.67. The molecule has 0 amide bonds. The van der Waals surface area contributed by atoms with Crippen molar-refractivity contribution in [2.45, 2.75) is 25.3 Å². The maximum atomic E-state index is 11.4. The molecule has 2 fully saturated rings. The highest BCUT2D eigenvalue weighted by Gasteiger charge is 2.34. The third kappa shape index (κ3) is 2.76. The maximum absolute atomic E-state index is 11.4. The van der Waals surface area contributed by atoms with Crippen LogP contribution in [0.5, 0.6) is 0 Å². The van der Waals surface area contributed by atoms with Crippen molar-refractivity contribution < 1.29 is 8.42 Å². The first-order valence-electron chi connectivity index (χ1n) is 6.12. The Kier molecular flexibility index (Phi) is 3.56. The lowest BCUT2D eigenvalue weighted by Crippen LogP contribution is -2.50. The highest BCUT2D eigenvalue weighted by Crippen LogP contribution is 2.32. The predicted molar refractivity (Wildman–Crippen MR) is 65.0 cm³/mol. The number of likely N-dealkylation sites (tertiary alicyclic amines) is 1. The van der Waals surface area contributed by atoms with Gasteiger partial charge >= 0.3 is 0 Å². The number of sulfone groups is 1. The molecule has 0 saturated carbocycles. The summed E-state index contributed by atoms with van der Waals surface area (Å²) in [5, 5.41) is 0. The zero-order chi connectivity index (χ0) is 11.8. The van der Waals surface area contributed by atoms with Crippen LogP contribution in [0.15, 0.2) is 0 Å². The molecule has 16 heavy (non-hydrogen) atoms. The zero-order valence-electron chi connectivity index (χ0n) is 9.93. The SMILES string of the molecule is CN1CCC(C2CCS(=O)(=O)CC2)C(N)C1. The molecule has 2 atom stereocenters. The fourth-order valence-corrected chi connectivity index (χ4v) is 4.62. The van der Waals surface area contributed by atoms with Gasteiger partial charge in [-0.05, 0) is 44.7 Å². The van der Waals surface area contributed by atoms with Crippen LogP contribution in [0, 0.1) is 11.8 Å². The summed E-state index contributed by atoms with van der Waals surface area (Å²) in [5.41, 5.74) is 6.18. The van der Waals surface area contributed by atoms with Gasteiger partial charge < -0.3 is 10.6 Å². The summed E-state index contributed by atoms with van der Waals surface area (Å²) in [6.07, 6.45) is 2.78. The molecule has 0 radical (unpaired) electrons. The molecule has 5 heteroatoms. The standard InChI is InChI=1S/C11H22N2O2S/c1-13-5-2-10(11(12)8-13)9-3-6-16(14,15)7-4-9/h9-11H,2-8,12H2,1H3. The highest BCUT2D eigenvalue weighted by molar-refractivity contribution is 7.91. The van der Waals surface area contributed by atoms with E-state index >= 15 is 0 Å². The third-order valence-electron chi connectivity index (χ3n) is 4.12. The van der Waals surface area contributed by atoms with Crippen molar-refractivity contribution in [3.63, 3.8) is 0 Å². The van der Waals surface area contributed by atoms with E-state index in [4.69, 9.17) is 5.73 Å². The van der Waals surface area contributed by atoms with E-state index in [1.165, 1.54) is 0 Å². The molecule has 0 aromatic rings. The number of hydrogen-bond acceptors (Lipinski definition) is 4. The van der Waals surface area contributed by atoms with Crippen LogP contribution >= 0.6 is 0 Å². The fraction of sp³-hybridized carbons (Fsp3) is 1.00. The minimum absolute atomic E-state index is 0.226. The Morgan fingerprint density at radius 3 is 2.38 bits per heavy atom. The molecule has 2 heterocycles. The van der Waals surface area contributed by atoms with E-state index < -0.39 is 9.84 Å². The second-order valence-electron chi connectivity index (χ2n) is 5.37. The van der Waals surface area contributed by atoms with Gasteiger partial charge in [-0.25, -0.2) is 8.42 Å². The first kappa shape index (κ1) is 12.3. The lowest BCUT2D eigenvalue weighted by Gasteiger charge is -2.40. The summed E-state index contributed by atoms with van der Waals surface area (Å²) < 4.78 is 22.7. The monoisotopic (exact) mass is 246 g/mol. The van der Waals surface area contributed by atoms with Crippen molar-refractivity contribution in [3.8, 4) is 0 Å². The maximum Gasteiger partial charge on any atom is 0.150 e. The molecule has 4 nitrogen and oxygen atoms in total. The van der Waals surface area contributed by atoms with Gasteiger partial charge in [0.2, 0.25) is 0 Å². The van der Waals surface area contributed by atoms with Crippen LogP contribution in [0.2, 0.25) is 0 Å². The van der Waals surface area contributed by atoms with Crippen molar-refractivity contribution in [3.05, 3.63) is 0 Å². The van der Waals surface area contributed by atoms with E-state index in [1.807, 2.05) is 0 Å². The van der Waals surface area contributed by atoms with Crippen LogP contribution < -0.4 is 5.73 Å². The summed E-state index contributed by atoms with van der Waals surface area (Å²) in [4.78, 5) is 2.26. The Bertz CT molecular complexity index is 328. The van der Waals surface area contributed by atoms with Crippen LogP contribution in [-0.4, -0.2) is 51.0 Å². The van der Waals surface area contributed by atoms with Gasteiger partial charge in [0, 0.05) is 12.6 Å². The summed E-state index contributed by atoms with van der Waals surface area (Å²) in [7, 11) is -0.635. The van der Waals surface area contributed by atoms with Gasteiger partial charge in [0.15, 0.2) is 0 Å². The topological polar surface area (TPSA) is 63.4 Å². The normalized spacial score (nSPS) is 37.4. The number of piperidine rings is 1. The molecular weight excluding hydrogens is 224 g/mol. The van der Waals surface area contributed by atoms with E-state index in [-0.39, 0.29) is 6.04 Å². The number of hydrogen-bond donors (Lipinski definition) is 1. The molecule has 2 aliphatic rings. The largest absolute Gasteiger partial charge is 0.326 e. The first-order chi connectivity index (χ1) is 7.48. The number of likely N-dealkylation sites (N-methyl/N-ethyl adjacent to an activating group) is 1. The molecule has 2 unspecified atom stereocenters. The van der Waals surface area contributed by atoms with Crippen molar-refractivity contribution in [1.29, 1.82) is 0 Å². The van der Waals surface area contributed by atoms with Gasteiger partial charge in [0.05, 0.1) is 11.5 Å². The molecule has 2 rings (SSSR count). The van der Waals surface area contributed by atoms with E-state index in [2.05, 4.69) is 11.9 Å². The van der Waals surface area contributed by atoms with Crippen molar-refractivity contribution in [2.75, 3.05) is 31.6 Å². The highest BCUT2D eigenvalue weighted by atomic mass is 32.2. The minimum Gasteiger partial charge on any atom is -0.326 e. The average Bonchev–Trinajstić information content (AvgIpc) is 2.19. The number of nitrogens with zero attached hydrogens (tertiary/aromatic N) is 1. The molecule has 2 N–H and O–H groups in total. The van der Waals surface area contributed by atoms with Crippen LogP contribution in [0.4, 0.5) is 0 Å². The van der Waals surface area contributed by atoms with Gasteiger partial charge in [-0.1, -0.05) is 0 Å². The molecule has 2 saturated heterocycles. The van der Waals surface area contributed by atoms with Crippen LogP contribution in [0.3, 0.4) is 0 Å². The van der Waals surface area contributed by atoms with Gasteiger partial charge in [0.1, 0.15) is 9.84 Å². The van der Waals surface area contributed by atoms with Gasteiger partial charge in [-0.15, -0.1) is 0 Å². The summed E-state index contributed by atoms with van der Waals surface area (Å²) in [6.45, 7) is 2.05. The van der Waals surface area contributed by atoms with Crippen LogP contribution in [0.25, 0.3) is 0 Å². The van der Waals surface area contributed by atoms with Crippen molar-refractivity contribution >= 4 is 9.84 Å². The molecular formula is C11H22N2O2S.